The lowest BCUT2D eigenvalue weighted by molar-refractivity contribution is -0.402. The Kier molecular flexibility index (Phi) is 3.67. The van der Waals surface area contributed by atoms with E-state index in [4.69, 9.17) is 4.42 Å². The van der Waals surface area contributed by atoms with E-state index in [1.54, 1.807) is 0 Å². The van der Waals surface area contributed by atoms with Crippen molar-refractivity contribution in [2.75, 3.05) is 0 Å². The Morgan fingerprint density at radius 1 is 1.32 bits per heavy atom. The molecule has 1 amide bonds. The number of nitrogens with zero attached hydrogens (tertiary/aromatic N) is 2. The molecule has 7 nitrogen and oxygen atoms in total. The zero-order valence-corrected chi connectivity index (χ0v) is 11.9. The van der Waals surface area contributed by atoms with E-state index in [0.29, 0.717) is 0 Å². The summed E-state index contributed by atoms with van der Waals surface area (Å²) < 4.78 is 5.90. The Bertz CT molecular complexity index is 848. The quantitative estimate of drug-likeness (QED) is 0.454. The van der Waals surface area contributed by atoms with E-state index in [0.717, 1.165) is 21.0 Å². The van der Waals surface area contributed by atoms with Crippen molar-refractivity contribution in [3.05, 3.63) is 63.2 Å². The van der Waals surface area contributed by atoms with Crippen molar-refractivity contribution in [3.8, 4) is 0 Å². The average molecular weight is 315 g/mol. The third-order valence-corrected chi connectivity index (χ3v) is 3.85. The molecule has 0 aliphatic carbocycles. The zero-order chi connectivity index (χ0) is 15.5. The van der Waals surface area contributed by atoms with Crippen LogP contribution in [0.15, 0.2) is 52.0 Å². The summed E-state index contributed by atoms with van der Waals surface area (Å²) in [5, 5.41) is 15.4. The predicted octanol–water partition coefficient (Wildman–Crippen LogP) is 3.17. The van der Waals surface area contributed by atoms with Gasteiger partial charge in [0.05, 0.1) is 12.3 Å². The number of carbonyl (C=O) groups is 1. The van der Waals surface area contributed by atoms with E-state index in [2.05, 4.69) is 10.5 Å². The van der Waals surface area contributed by atoms with Crippen molar-refractivity contribution < 1.29 is 14.1 Å². The predicted molar refractivity (Wildman–Crippen MR) is 82.2 cm³/mol. The molecule has 22 heavy (non-hydrogen) atoms. The Morgan fingerprint density at radius 3 is 2.86 bits per heavy atom. The number of furan rings is 1. The summed E-state index contributed by atoms with van der Waals surface area (Å²) in [6.45, 7) is 0. The number of hydrazone groups is 1. The number of carbonyl (C=O) groups excluding carboxylic acids is 1. The largest absolute Gasteiger partial charge is 0.433 e. The van der Waals surface area contributed by atoms with Crippen LogP contribution in [-0.4, -0.2) is 17.0 Å². The van der Waals surface area contributed by atoms with Gasteiger partial charge in [-0.1, -0.05) is 18.2 Å². The summed E-state index contributed by atoms with van der Waals surface area (Å²) in [6.07, 6.45) is 1.51. The molecule has 0 fully saturated rings. The fraction of sp³-hybridized carbons (Fsp3) is 0. The van der Waals surface area contributed by atoms with Crippen molar-refractivity contribution in [3.63, 3.8) is 0 Å². The van der Waals surface area contributed by atoms with Gasteiger partial charge in [-0.2, -0.15) is 5.10 Å². The third kappa shape index (κ3) is 2.86. The molecule has 0 spiro atoms. The molecule has 110 valence electrons. The number of thiophene rings is 1. The minimum absolute atomic E-state index is 0.166. The van der Waals surface area contributed by atoms with Crippen LogP contribution < -0.4 is 5.43 Å². The smallest absolute Gasteiger partial charge is 0.395 e. The fourth-order valence-electron chi connectivity index (χ4n) is 1.82. The molecule has 1 aromatic carbocycles. The molecule has 3 aromatic rings. The second-order valence-corrected chi connectivity index (χ2v) is 5.40. The van der Waals surface area contributed by atoms with Gasteiger partial charge in [0.2, 0.25) is 5.76 Å². The van der Waals surface area contributed by atoms with E-state index in [1.807, 2.05) is 30.3 Å². The third-order valence-electron chi connectivity index (χ3n) is 2.80. The van der Waals surface area contributed by atoms with E-state index in [-0.39, 0.29) is 5.76 Å². The maximum Gasteiger partial charge on any atom is 0.433 e. The lowest BCUT2D eigenvalue weighted by atomic mass is 10.2. The van der Waals surface area contributed by atoms with Gasteiger partial charge in [-0.15, -0.1) is 11.3 Å². The van der Waals surface area contributed by atoms with Gasteiger partial charge in [-0.05, 0) is 23.6 Å². The summed E-state index contributed by atoms with van der Waals surface area (Å²) in [4.78, 5) is 22.3. The van der Waals surface area contributed by atoms with Crippen LogP contribution in [0.4, 0.5) is 5.88 Å². The summed E-state index contributed by atoms with van der Waals surface area (Å²) >= 11 is 1.54. The molecule has 0 aliphatic rings. The van der Waals surface area contributed by atoms with E-state index < -0.39 is 16.7 Å². The lowest BCUT2D eigenvalue weighted by Gasteiger charge is -1.93. The number of fused-ring (bicyclic) bond motifs is 1. The van der Waals surface area contributed by atoms with E-state index in [9.17, 15) is 14.9 Å². The van der Waals surface area contributed by atoms with Crippen molar-refractivity contribution in [1.29, 1.82) is 0 Å². The van der Waals surface area contributed by atoms with Crippen LogP contribution >= 0.6 is 11.3 Å². The van der Waals surface area contributed by atoms with Crippen LogP contribution in [0.5, 0.6) is 0 Å². The molecule has 0 radical (unpaired) electrons. The molecule has 2 aromatic heterocycles. The highest BCUT2D eigenvalue weighted by Gasteiger charge is 2.16. The molecule has 0 atom stereocenters. The Balaban J connectivity index is 1.68. The first kappa shape index (κ1) is 14.0. The van der Waals surface area contributed by atoms with Crippen molar-refractivity contribution in [2.45, 2.75) is 0 Å². The molecule has 0 aliphatic heterocycles. The van der Waals surface area contributed by atoms with Gasteiger partial charge in [-0.25, -0.2) is 5.43 Å². The molecular weight excluding hydrogens is 306 g/mol. The minimum Gasteiger partial charge on any atom is -0.395 e. The number of amides is 1. The van der Waals surface area contributed by atoms with Crippen molar-refractivity contribution in [1.82, 2.24) is 5.43 Å². The first-order valence-electron chi connectivity index (χ1n) is 6.20. The first-order chi connectivity index (χ1) is 10.6. The van der Waals surface area contributed by atoms with Crippen LogP contribution in [-0.2, 0) is 0 Å². The number of hydrogen-bond acceptors (Lipinski definition) is 6. The first-order valence-corrected chi connectivity index (χ1v) is 7.01. The number of hydrogen-bond donors (Lipinski definition) is 1. The highest BCUT2D eigenvalue weighted by Crippen LogP contribution is 2.23. The number of benzene rings is 1. The van der Waals surface area contributed by atoms with E-state index >= 15 is 0 Å². The van der Waals surface area contributed by atoms with Crippen molar-refractivity contribution in [2.24, 2.45) is 5.10 Å². The van der Waals surface area contributed by atoms with Crippen molar-refractivity contribution >= 4 is 39.4 Å². The molecule has 0 unspecified atom stereocenters. The molecule has 0 saturated carbocycles. The maximum atomic E-state index is 11.7. The van der Waals surface area contributed by atoms with Crippen LogP contribution in [0.3, 0.4) is 0 Å². The van der Waals surface area contributed by atoms with Crippen LogP contribution in [0.2, 0.25) is 0 Å². The number of nitro groups is 1. The molecular formula is C14H9N3O4S. The van der Waals surface area contributed by atoms with Crippen LogP contribution in [0.25, 0.3) is 10.1 Å². The summed E-state index contributed by atoms with van der Waals surface area (Å²) in [5.41, 5.74) is 2.26. The summed E-state index contributed by atoms with van der Waals surface area (Å²) in [6, 6.07) is 12.2. The van der Waals surface area contributed by atoms with Gasteiger partial charge in [0.25, 0.3) is 0 Å². The molecule has 2 heterocycles. The fourth-order valence-corrected chi connectivity index (χ4v) is 2.76. The Labute approximate surface area is 128 Å². The highest BCUT2D eigenvalue weighted by molar-refractivity contribution is 7.20. The van der Waals surface area contributed by atoms with E-state index in [1.165, 1.54) is 23.6 Å². The molecule has 3 rings (SSSR count). The van der Waals surface area contributed by atoms with Gasteiger partial charge in [0.15, 0.2) is 0 Å². The Morgan fingerprint density at radius 2 is 2.14 bits per heavy atom. The van der Waals surface area contributed by atoms with Gasteiger partial charge in [0, 0.05) is 9.58 Å². The second-order valence-electron chi connectivity index (χ2n) is 4.28. The molecule has 0 bridgehead atoms. The molecule has 8 heteroatoms. The van der Waals surface area contributed by atoms with Gasteiger partial charge in [-0.3, -0.25) is 14.9 Å². The summed E-state index contributed by atoms with van der Waals surface area (Å²) in [5.74, 6) is -1.30. The monoisotopic (exact) mass is 315 g/mol. The lowest BCUT2D eigenvalue weighted by Crippen LogP contribution is -2.16. The minimum atomic E-state index is -0.711. The van der Waals surface area contributed by atoms with Gasteiger partial charge in [0.1, 0.15) is 4.92 Å². The summed E-state index contributed by atoms with van der Waals surface area (Å²) in [7, 11) is 0. The number of nitrogens with one attached hydrogen (secondary N) is 1. The molecule has 1 N–H and O–H groups in total. The topological polar surface area (TPSA) is 97.7 Å². The van der Waals surface area contributed by atoms with Gasteiger partial charge >= 0.3 is 11.8 Å². The average Bonchev–Trinajstić information content (AvgIpc) is 3.13. The number of rotatable bonds is 4. The van der Waals surface area contributed by atoms with Crippen LogP contribution in [0, 0.1) is 10.1 Å². The maximum absolute atomic E-state index is 11.7. The SMILES string of the molecule is O=C(N/N=C/c1cc2ccccc2s1)c1ccc([N+](=O)[O-])o1. The van der Waals surface area contributed by atoms with Gasteiger partial charge < -0.3 is 4.42 Å². The highest BCUT2D eigenvalue weighted by atomic mass is 32.1. The zero-order valence-electron chi connectivity index (χ0n) is 11.1. The standard InChI is InChI=1S/C14H9N3O4S/c18-14(11-5-6-13(21-11)17(19)20)16-15-8-10-7-9-3-1-2-4-12(9)22-10/h1-8H,(H,16,18)/b15-8+. The molecule has 0 saturated heterocycles. The van der Waals surface area contributed by atoms with Crippen LogP contribution in [0.1, 0.15) is 15.4 Å². The Hall–Kier alpha value is -3.00. The normalized spacial score (nSPS) is 11.1. The second kappa shape index (κ2) is 5.78.